The van der Waals surface area contributed by atoms with Crippen molar-refractivity contribution in [3.8, 4) is 5.75 Å². The Hall–Kier alpha value is -1.58. The summed E-state index contributed by atoms with van der Waals surface area (Å²) >= 11 is 0. The quantitative estimate of drug-likeness (QED) is 0.706. The highest BCUT2D eigenvalue weighted by Crippen LogP contribution is 2.57. The van der Waals surface area contributed by atoms with Crippen LogP contribution in [0, 0.1) is 0 Å². The number of hydrogen-bond acceptors (Lipinski definition) is 3. The number of rotatable bonds is 1. The van der Waals surface area contributed by atoms with Crippen LogP contribution in [-0.4, -0.2) is 7.11 Å². The van der Waals surface area contributed by atoms with Gasteiger partial charge in [-0.1, -0.05) is 24.3 Å². The van der Waals surface area contributed by atoms with Gasteiger partial charge in [0.25, 0.3) is 0 Å². The normalized spacial score (nSPS) is 36.3. The lowest BCUT2D eigenvalue weighted by Crippen LogP contribution is -2.05. The summed E-state index contributed by atoms with van der Waals surface area (Å²) in [6.45, 7) is 0. The maximum Gasteiger partial charge on any atom is 0.131 e. The summed E-state index contributed by atoms with van der Waals surface area (Å²) in [6.07, 6.45) is 8.82. The Labute approximate surface area is 105 Å². The summed E-state index contributed by atoms with van der Waals surface area (Å²) in [5.41, 5.74) is 4.91. The molecule has 0 amide bonds. The lowest BCUT2D eigenvalue weighted by atomic mass is 9.86. The van der Waals surface area contributed by atoms with Gasteiger partial charge in [-0.05, 0) is 17.2 Å². The zero-order chi connectivity index (χ0) is 11.9. The third-order valence-electron chi connectivity index (χ3n) is 4.32. The van der Waals surface area contributed by atoms with Gasteiger partial charge in [0.2, 0.25) is 0 Å². The smallest absolute Gasteiger partial charge is 0.131 e. The molecule has 0 saturated carbocycles. The number of benzene rings is 1. The average Bonchev–Trinajstić information content (AvgIpc) is 3.15. The van der Waals surface area contributed by atoms with Gasteiger partial charge in [0, 0.05) is 11.1 Å². The van der Waals surface area contributed by atoms with Gasteiger partial charge >= 0.3 is 0 Å². The van der Waals surface area contributed by atoms with Gasteiger partial charge in [-0.15, -0.1) is 0 Å². The minimum Gasteiger partial charge on any atom is -0.496 e. The molecule has 4 heterocycles. The Morgan fingerprint density at radius 1 is 0.833 bits per heavy atom. The molecule has 4 aliphatic heterocycles. The van der Waals surface area contributed by atoms with Crippen LogP contribution in [0.25, 0.3) is 0 Å². The topological polar surface area (TPSA) is 27.7 Å². The van der Waals surface area contributed by atoms with Gasteiger partial charge in [0.15, 0.2) is 0 Å². The van der Waals surface area contributed by atoms with Crippen LogP contribution in [0.1, 0.15) is 46.7 Å². The molecule has 3 heteroatoms. The van der Waals surface area contributed by atoms with E-state index < -0.39 is 0 Å². The first kappa shape index (κ1) is 9.36. The minimum atomic E-state index is 0.0633. The van der Waals surface area contributed by atoms with Gasteiger partial charge in [-0.25, -0.2) is 0 Å². The van der Waals surface area contributed by atoms with E-state index in [0.717, 1.165) is 5.75 Å². The van der Waals surface area contributed by atoms with Crippen molar-refractivity contribution in [3.05, 3.63) is 52.6 Å². The van der Waals surface area contributed by atoms with Gasteiger partial charge in [-0.3, -0.25) is 0 Å². The fourth-order valence-corrected chi connectivity index (χ4v) is 3.59. The van der Waals surface area contributed by atoms with Crippen molar-refractivity contribution < 1.29 is 14.2 Å². The molecule has 1 aromatic carbocycles. The molecule has 0 fully saturated rings. The molecule has 0 spiro atoms. The second-order valence-corrected chi connectivity index (χ2v) is 5.14. The fraction of sp³-hybridized carbons (Fsp3) is 0.333. The van der Waals surface area contributed by atoms with Crippen molar-refractivity contribution >= 4 is 0 Å². The van der Waals surface area contributed by atoms with E-state index in [1.54, 1.807) is 7.11 Å². The summed E-state index contributed by atoms with van der Waals surface area (Å²) < 4.78 is 17.5. The SMILES string of the molecule is COc1c2c(cc3c1[C@H]1C=C[C@@H]3O1)[C@H]1C=C[C@@H]2O1. The third kappa shape index (κ3) is 0.877. The standard InChI is InChI=1S/C15H12O3/c1-16-15-13-7(9-2-4-11(13)17-9)6-8-10-3-5-12(18-10)14(8)15/h2-6,9-12H,1H3/t9-,10+,11+,12-. The van der Waals surface area contributed by atoms with E-state index in [-0.39, 0.29) is 24.4 Å². The number of fused-ring (bicyclic) bond motifs is 10. The molecule has 4 aliphatic rings. The highest BCUT2D eigenvalue weighted by atomic mass is 16.5. The lowest BCUT2D eigenvalue weighted by molar-refractivity contribution is 0.0823. The van der Waals surface area contributed by atoms with Crippen LogP contribution in [-0.2, 0) is 9.47 Å². The van der Waals surface area contributed by atoms with Crippen LogP contribution in [0.3, 0.4) is 0 Å². The van der Waals surface area contributed by atoms with Crippen LogP contribution in [0.4, 0.5) is 0 Å². The van der Waals surface area contributed by atoms with E-state index >= 15 is 0 Å². The number of ether oxygens (including phenoxy) is 3. The maximum atomic E-state index is 5.90. The molecule has 4 bridgehead atoms. The molecule has 4 atom stereocenters. The third-order valence-corrected chi connectivity index (χ3v) is 4.32. The van der Waals surface area contributed by atoms with Crippen molar-refractivity contribution in [2.24, 2.45) is 0 Å². The Bertz CT molecular complexity index is 579. The van der Waals surface area contributed by atoms with Gasteiger partial charge in [0.1, 0.15) is 30.2 Å². The molecule has 90 valence electrons. The Balaban J connectivity index is 1.84. The molecule has 0 aromatic heterocycles. The van der Waals surface area contributed by atoms with E-state index in [9.17, 15) is 0 Å². The summed E-state index contributed by atoms with van der Waals surface area (Å²) in [6, 6.07) is 2.25. The van der Waals surface area contributed by atoms with Crippen LogP contribution in [0.15, 0.2) is 30.4 Å². The van der Waals surface area contributed by atoms with Crippen molar-refractivity contribution in [2.45, 2.75) is 24.4 Å². The van der Waals surface area contributed by atoms with Crippen LogP contribution < -0.4 is 4.74 Å². The summed E-state index contributed by atoms with van der Waals surface area (Å²) in [7, 11) is 1.74. The maximum absolute atomic E-state index is 5.90. The molecular weight excluding hydrogens is 228 g/mol. The first-order valence-electron chi connectivity index (χ1n) is 6.29. The second kappa shape index (κ2) is 2.87. The fourth-order valence-electron chi connectivity index (χ4n) is 3.59. The first-order valence-corrected chi connectivity index (χ1v) is 6.29. The van der Waals surface area contributed by atoms with E-state index in [1.807, 2.05) is 0 Å². The van der Waals surface area contributed by atoms with Gasteiger partial charge < -0.3 is 14.2 Å². The minimum absolute atomic E-state index is 0.0633. The lowest BCUT2D eigenvalue weighted by Gasteiger charge is -2.19. The van der Waals surface area contributed by atoms with E-state index in [1.165, 1.54) is 22.3 Å². The molecular formula is C15H12O3. The number of hydrogen-bond donors (Lipinski definition) is 0. The molecule has 0 aliphatic carbocycles. The largest absolute Gasteiger partial charge is 0.496 e. The monoisotopic (exact) mass is 240 g/mol. The van der Waals surface area contributed by atoms with Crippen LogP contribution in [0.2, 0.25) is 0 Å². The van der Waals surface area contributed by atoms with E-state index in [2.05, 4.69) is 30.4 Å². The molecule has 1 aromatic rings. The van der Waals surface area contributed by atoms with Crippen molar-refractivity contribution in [2.75, 3.05) is 7.11 Å². The van der Waals surface area contributed by atoms with Gasteiger partial charge in [0.05, 0.1) is 7.11 Å². The zero-order valence-electron chi connectivity index (χ0n) is 9.92. The molecule has 18 heavy (non-hydrogen) atoms. The molecule has 5 rings (SSSR count). The van der Waals surface area contributed by atoms with Crippen LogP contribution >= 0.6 is 0 Å². The van der Waals surface area contributed by atoms with E-state index in [0.29, 0.717) is 0 Å². The summed E-state index contributed by atoms with van der Waals surface area (Å²) in [4.78, 5) is 0. The Morgan fingerprint density at radius 3 is 1.83 bits per heavy atom. The highest BCUT2D eigenvalue weighted by Gasteiger charge is 2.44. The molecule has 3 nitrogen and oxygen atoms in total. The average molecular weight is 240 g/mol. The number of methoxy groups -OCH3 is 1. The molecule has 0 saturated heterocycles. The molecule has 0 N–H and O–H groups in total. The molecule has 0 radical (unpaired) electrons. The van der Waals surface area contributed by atoms with Crippen molar-refractivity contribution in [1.82, 2.24) is 0 Å². The predicted octanol–water partition coefficient (Wildman–Crippen LogP) is 3.06. The van der Waals surface area contributed by atoms with Crippen molar-refractivity contribution in [1.29, 1.82) is 0 Å². The van der Waals surface area contributed by atoms with Crippen molar-refractivity contribution in [3.63, 3.8) is 0 Å². The predicted molar refractivity (Wildman–Crippen MR) is 64.4 cm³/mol. The zero-order valence-corrected chi connectivity index (χ0v) is 9.92. The Kier molecular flexibility index (Phi) is 1.49. The van der Waals surface area contributed by atoms with E-state index in [4.69, 9.17) is 14.2 Å². The second-order valence-electron chi connectivity index (χ2n) is 5.14. The Morgan fingerprint density at radius 2 is 1.33 bits per heavy atom. The molecule has 0 unspecified atom stereocenters. The summed E-state index contributed by atoms with van der Waals surface area (Å²) in [5.74, 6) is 0.969. The first-order chi connectivity index (χ1) is 8.86. The highest BCUT2D eigenvalue weighted by molar-refractivity contribution is 5.62. The van der Waals surface area contributed by atoms with Crippen LogP contribution in [0.5, 0.6) is 5.75 Å². The van der Waals surface area contributed by atoms with Gasteiger partial charge in [-0.2, -0.15) is 0 Å². The summed E-state index contributed by atoms with van der Waals surface area (Å²) in [5, 5.41) is 0.